The number of hydrogen-bond donors (Lipinski definition) is 0. The lowest BCUT2D eigenvalue weighted by atomic mass is 10.0. The number of carbonyl (C=O) groups is 1. The van der Waals surface area contributed by atoms with E-state index < -0.39 is 28.7 Å². The van der Waals surface area contributed by atoms with Crippen molar-refractivity contribution in [2.75, 3.05) is 18.2 Å². The zero-order valence-corrected chi connectivity index (χ0v) is 17.1. The number of furan rings is 1. The second kappa shape index (κ2) is 7.99. The quantitative estimate of drug-likeness (QED) is 0.499. The topological polar surface area (TPSA) is 56.5 Å². The van der Waals surface area contributed by atoms with Crippen molar-refractivity contribution in [1.82, 2.24) is 4.90 Å². The molecule has 0 aliphatic carbocycles. The standard InChI is InChI=1S/C20H13Cl2F2NO3S/c21-13-5-12(6-14(23)8-13)15-9-18(20(26)25-3-4-29(27)10-25)28-19(15)11-1-2-17(24)16(22)7-11/h1-2,5-9H,3-4,10H2. The van der Waals surface area contributed by atoms with Crippen LogP contribution in [0.3, 0.4) is 0 Å². The fourth-order valence-electron chi connectivity index (χ4n) is 3.10. The first-order chi connectivity index (χ1) is 13.8. The Morgan fingerprint density at radius 2 is 1.90 bits per heavy atom. The molecule has 1 amide bonds. The highest BCUT2D eigenvalue weighted by atomic mass is 35.5. The van der Waals surface area contributed by atoms with Crippen molar-refractivity contribution < 1.29 is 22.5 Å². The summed E-state index contributed by atoms with van der Waals surface area (Å²) in [6.45, 7) is 0.352. The van der Waals surface area contributed by atoms with Gasteiger partial charge in [-0.15, -0.1) is 0 Å². The Bertz CT molecular complexity index is 1090. The molecule has 0 N–H and O–H groups in total. The van der Waals surface area contributed by atoms with Crippen molar-refractivity contribution in [2.45, 2.75) is 0 Å². The number of halogens is 4. The molecule has 1 unspecified atom stereocenters. The molecule has 2 aromatic carbocycles. The van der Waals surface area contributed by atoms with Crippen LogP contribution < -0.4 is 0 Å². The lowest BCUT2D eigenvalue weighted by Crippen LogP contribution is -2.28. The molecule has 4 nitrogen and oxygen atoms in total. The minimum absolute atomic E-state index is 0.00488. The van der Waals surface area contributed by atoms with Crippen molar-refractivity contribution in [1.29, 1.82) is 0 Å². The second-order valence-electron chi connectivity index (χ2n) is 6.48. The molecule has 1 saturated heterocycles. The number of rotatable bonds is 3. The molecule has 150 valence electrons. The lowest BCUT2D eigenvalue weighted by molar-refractivity contribution is 0.0771. The van der Waals surface area contributed by atoms with Crippen LogP contribution in [0.2, 0.25) is 10.0 Å². The Kier molecular flexibility index (Phi) is 5.57. The van der Waals surface area contributed by atoms with Crippen LogP contribution >= 0.6 is 23.2 Å². The summed E-state index contributed by atoms with van der Waals surface area (Å²) in [4.78, 5) is 14.2. The first-order valence-electron chi connectivity index (χ1n) is 8.52. The fourth-order valence-corrected chi connectivity index (χ4v) is 4.65. The maximum absolute atomic E-state index is 13.9. The first-order valence-corrected chi connectivity index (χ1v) is 10.8. The van der Waals surface area contributed by atoms with Gasteiger partial charge < -0.3 is 8.97 Å². The molecule has 2 heterocycles. The van der Waals surface area contributed by atoms with E-state index in [0.29, 0.717) is 29.0 Å². The molecule has 1 fully saturated rings. The van der Waals surface area contributed by atoms with Gasteiger partial charge in [0.25, 0.3) is 5.91 Å². The molecule has 1 atom stereocenters. The molecular weight excluding hydrogens is 443 g/mol. The monoisotopic (exact) mass is 455 g/mol. The maximum Gasteiger partial charge on any atom is 0.293 e. The van der Waals surface area contributed by atoms with Crippen LogP contribution in [0.25, 0.3) is 22.5 Å². The maximum atomic E-state index is 13.9. The highest BCUT2D eigenvalue weighted by molar-refractivity contribution is 7.91. The predicted molar refractivity (Wildman–Crippen MR) is 108 cm³/mol. The van der Waals surface area contributed by atoms with E-state index in [-0.39, 0.29) is 27.4 Å². The minimum atomic E-state index is -1.09. The molecule has 0 bridgehead atoms. The van der Waals surface area contributed by atoms with E-state index in [4.69, 9.17) is 27.6 Å². The molecule has 0 spiro atoms. The van der Waals surface area contributed by atoms with Crippen LogP contribution in [-0.2, 0) is 11.2 Å². The van der Waals surface area contributed by atoms with Gasteiger partial charge in [-0.2, -0.15) is 0 Å². The van der Waals surface area contributed by atoms with E-state index in [1.165, 1.54) is 41.3 Å². The molecule has 0 radical (unpaired) electrons. The van der Waals surface area contributed by atoms with E-state index in [0.717, 1.165) is 6.07 Å². The number of amides is 1. The third kappa shape index (κ3) is 4.14. The van der Waals surface area contributed by atoms with Gasteiger partial charge in [0.15, 0.2) is 11.6 Å². The summed E-state index contributed by atoms with van der Waals surface area (Å²) in [6, 6.07) is 9.40. The Morgan fingerprint density at radius 3 is 2.55 bits per heavy atom. The number of benzene rings is 2. The minimum Gasteiger partial charge on any atom is -0.615 e. The van der Waals surface area contributed by atoms with E-state index in [1.54, 1.807) is 0 Å². The second-order valence-corrected chi connectivity index (χ2v) is 8.87. The molecule has 0 saturated carbocycles. The van der Waals surface area contributed by atoms with E-state index >= 15 is 0 Å². The van der Waals surface area contributed by atoms with Gasteiger partial charge in [0, 0.05) is 16.1 Å². The van der Waals surface area contributed by atoms with Crippen LogP contribution in [0.5, 0.6) is 0 Å². The molecule has 1 aliphatic heterocycles. The summed E-state index contributed by atoms with van der Waals surface area (Å²) in [5.41, 5.74) is 1.20. The summed E-state index contributed by atoms with van der Waals surface area (Å²) in [6.07, 6.45) is 0. The van der Waals surface area contributed by atoms with E-state index in [1.807, 2.05) is 0 Å². The summed E-state index contributed by atoms with van der Waals surface area (Å²) >= 11 is 10.8. The van der Waals surface area contributed by atoms with Crippen LogP contribution in [0.15, 0.2) is 46.9 Å². The van der Waals surface area contributed by atoms with Gasteiger partial charge in [-0.1, -0.05) is 23.2 Å². The van der Waals surface area contributed by atoms with Crippen molar-refractivity contribution in [3.05, 3.63) is 69.9 Å². The largest absolute Gasteiger partial charge is 0.615 e. The van der Waals surface area contributed by atoms with Gasteiger partial charge in [0.05, 0.1) is 11.6 Å². The van der Waals surface area contributed by atoms with Crippen molar-refractivity contribution in [3.63, 3.8) is 0 Å². The molecular formula is C20H13Cl2F2NO3S. The van der Waals surface area contributed by atoms with Crippen molar-refractivity contribution in [2.24, 2.45) is 0 Å². The van der Waals surface area contributed by atoms with Gasteiger partial charge >= 0.3 is 0 Å². The normalized spacial score (nSPS) is 16.4. The summed E-state index contributed by atoms with van der Waals surface area (Å²) in [5.74, 6) is -0.851. The number of carbonyl (C=O) groups excluding carboxylic acids is 1. The zero-order chi connectivity index (χ0) is 20.7. The van der Waals surface area contributed by atoms with Crippen LogP contribution in [0.1, 0.15) is 10.6 Å². The van der Waals surface area contributed by atoms with Crippen LogP contribution in [0, 0.1) is 11.6 Å². The SMILES string of the molecule is O=C(c1cc(-c2cc(F)cc(Cl)c2)c(-c2ccc(F)c(Cl)c2)o1)N1CC[S+]([O-])C1. The Balaban J connectivity index is 1.84. The van der Waals surface area contributed by atoms with Gasteiger partial charge in [0.2, 0.25) is 0 Å². The number of hydrogen-bond acceptors (Lipinski definition) is 3. The third-order valence-corrected chi connectivity index (χ3v) is 6.22. The molecule has 1 aliphatic rings. The van der Waals surface area contributed by atoms with Gasteiger partial charge in [-0.05, 0) is 59.2 Å². The lowest BCUT2D eigenvalue weighted by Gasteiger charge is -2.10. The third-order valence-electron chi connectivity index (χ3n) is 4.47. The Morgan fingerprint density at radius 1 is 1.10 bits per heavy atom. The van der Waals surface area contributed by atoms with Crippen molar-refractivity contribution in [3.8, 4) is 22.5 Å². The smallest absolute Gasteiger partial charge is 0.293 e. The highest BCUT2D eigenvalue weighted by Gasteiger charge is 2.31. The van der Waals surface area contributed by atoms with E-state index in [2.05, 4.69) is 0 Å². The summed E-state index contributed by atoms with van der Waals surface area (Å²) in [5, 5.41) is 0.0528. The molecule has 3 aromatic rings. The summed E-state index contributed by atoms with van der Waals surface area (Å²) < 4.78 is 45.0. The average molecular weight is 456 g/mol. The van der Waals surface area contributed by atoms with Crippen LogP contribution in [-0.4, -0.2) is 33.5 Å². The molecule has 9 heteroatoms. The number of nitrogens with zero attached hydrogens (tertiary/aromatic N) is 1. The van der Waals surface area contributed by atoms with Gasteiger partial charge in [-0.3, -0.25) is 9.69 Å². The molecule has 29 heavy (non-hydrogen) atoms. The molecule has 4 rings (SSSR count). The highest BCUT2D eigenvalue weighted by Crippen LogP contribution is 2.38. The van der Waals surface area contributed by atoms with Crippen molar-refractivity contribution >= 4 is 40.3 Å². The van der Waals surface area contributed by atoms with Crippen LogP contribution in [0.4, 0.5) is 8.78 Å². The molecule has 1 aromatic heterocycles. The zero-order valence-electron chi connectivity index (χ0n) is 14.8. The first kappa shape index (κ1) is 20.2. The Hall–Kier alpha value is -2.06. The summed E-state index contributed by atoms with van der Waals surface area (Å²) in [7, 11) is 0. The van der Waals surface area contributed by atoms with Gasteiger partial charge in [0.1, 0.15) is 23.1 Å². The Labute approximate surface area is 178 Å². The fraction of sp³-hybridized carbons (Fsp3) is 0.150. The van der Waals surface area contributed by atoms with E-state index in [9.17, 15) is 18.1 Å². The predicted octanol–water partition coefficient (Wildman–Crippen LogP) is 5.36. The average Bonchev–Trinajstić information content (AvgIpc) is 3.29. The van der Waals surface area contributed by atoms with Gasteiger partial charge in [-0.25, -0.2) is 8.78 Å².